The average molecular weight is 598 g/mol. The predicted molar refractivity (Wildman–Crippen MR) is 170 cm³/mol. The van der Waals surface area contributed by atoms with Gasteiger partial charge in [-0.15, -0.1) is 0 Å². The van der Waals surface area contributed by atoms with Crippen LogP contribution in [0.1, 0.15) is 85.6 Å². The normalized spacial score (nSPS) is 28.0. The van der Waals surface area contributed by atoms with Crippen LogP contribution in [0.2, 0.25) is 0 Å². The van der Waals surface area contributed by atoms with Gasteiger partial charge in [0, 0.05) is 30.4 Å². The van der Waals surface area contributed by atoms with E-state index >= 15 is 0 Å². The summed E-state index contributed by atoms with van der Waals surface area (Å²) in [5.74, 6) is -0.524. The lowest BCUT2D eigenvalue weighted by Gasteiger charge is -2.46. The SMILES string of the molecule is CC1(C)CC(NC(=O)NC(=O)C=Cc2ccc(NC(=O)NC3CC(C)(C)CC(C)(CNC(N)=O)C3)cc2)CC(C)(CN)C1. The molecule has 11 heteroatoms. The number of amides is 7. The van der Waals surface area contributed by atoms with Gasteiger partial charge in [0.2, 0.25) is 0 Å². The number of hydrogen-bond acceptors (Lipinski definition) is 5. The molecule has 238 valence electrons. The first-order valence-corrected chi connectivity index (χ1v) is 15.1. The molecule has 1 aromatic rings. The number of hydrogen-bond donors (Lipinski definition) is 7. The maximum Gasteiger partial charge on any atom is 0.321 e. The molecular formula is C32H51N7O4. The highest BCUT2D eigenvalue weighted by molar-refractivity contribution is 6.02. The van der Waals surface area contributed by atoms with Gasteiger partial charge in [0.15, 0.2) is 0 Å². The summed E-state index contributed by atoms with van der Waals surface area (Å²) >= 11 is 0. The fraction of sp³-hybridized carbons (Fsp3) is 0.625. The summed E-state index contributed by atoms with van der Waals surface area (Å²) in [6.45, 7) is 13.9. The van der Waals surface area contributed by atoms with Gasteiger partial charge < -0.3 is 32.7 Å². The van der Waals surface area contributed by atoms with E-state index < -0.39 is 18.0 Å². The standard InChI is InChI=1S/C32H51N7O4/c1-29(2)13-23(15-31(5,17-29)19-33)38-28(43)39-25(40)12-9-21-7-10-22(11-8-21)36-27(42)37-24-14-30(3,4)18-32(6,16-24)20-35-26(34)41/h7-12,23-24H,13-20,33H2,1-6H3,(H3,34,35,41)(H2,36,37,42)(H2,38,39,40,43). The van der Waals surface area contributed by atoms with Gasteiger partial charge in [-0.3, -0.25) is 10.1 Å². The van der Waals surface area contributed by atoms with Crippen LogP contribution >= 0.6 is 0 Å². The Bertz CT molecular complexity index is 1210. The molecule has 0 radical (unpaired) electrons. The minimum Gasteiger partial charge on any atom is -0.352 e. The zero-order valence-corrected chi connectivity index (χ0v) is 26.6. The first-order valence-electron chi connectivity index (χ1n) is 15.1. The molecule has 2 saturated carbocycles. The van der Waals surface area contributed by atoms with Crippen molar-refractivity contribution in [2.75, 3.05) is 18.4 Å². The summed E-state index contributed by atoms with van der Waals surface area (Å²) in [5.41, 5.74) is 12.4. The minimum atomic E-state index is -0.550. The smallest absolute Gasteiger partial charge is 0.321 e. The molecule has 1 aromatic carbocycles. The number of benzene rings is 1. The largest absolute Gasteiger partial charge is 0.352 e. The number of primary amides is 1. The van der Waals surface area contributed by atoms with Crippen LogP contribution in [0.4, 0.5) is 20.1 Å². The minimum absolute atomic E-state index is 0.0100. The molecule has 9 N–H and O–H groups in total. The predicted octanol–water partition coefficient (Wildman–Crippen LogP) is 4.44. The van der Waals surface area contributed by atoms with Crippen molar-refractivity contribution in [3.63, 3.8) is 0 Å². The van der Waals surface area contributed by atoms with Gasteiger partial charge >= 0.3 is 18.1 Å². The van der Waals surface area contributed by atoms with E-state index in [0.717, 1.165) is 44.1 Å². The van der Waals surface area contributed by atoms with Crippen LogP contribution in [0, 0.1) is 21.7 Å². The lowest BCUT2D eigenvalue weighted by atomic mass is 9.62. The number of carbonyl (C=O) groups is 4. The molecule has 3 rings (SSSR count). The highest BCUT2D eigenvalue weighted by atomic mass is 16.2. The second-order valence-electron chi connectivity index (χ2n) is 15.0. The average Bonchev–Trinajstić information content (AvgIpc) is 2.84. The maximum absolute atomic E-state index is 12.8. The Morgan fingerprint density at radius 3 is 1.91 bits per heavy atom. The third-order valence-corrected chi connectivity index (χ3v) is 8.57. The molecule has 0 aliphatic heterocycles. The summed E-state index contributed by atoms with van der Waals surface area (Å²) in [7, 11) is 0. The second-order valence-corrected chi connectivity index (χ2v) is 15.0. The van der Waals surface area contributed by atoms with Crippen LogP contribution in [0.15, 0.2) is 30.3 Å². The molecule has 2 aliphatic rings. The summed E-state index contributed by atoms with van der Waals surface area (Å²) in [5, 5.41) is 14.0. The van der Waals surface area contributed by atoms with E-state index in [1.165, 1.54) is 6.08 Å². The van der Waals surface area contributed by atoms with Gasteiger partial charge in [0.1, 0.15) is 0 Å². The van der Waals surface area contributed by atoms with E-state index in [1.54, 1.807) is 30.3 Å². The Hall–Kier alpha value is -3.60. The second kappa shape index (κ2) is 13.4. The summed E-state index contributed by atoms with van der Waals surface area (Å²) in [6, 6.07) is 5.54. The molecule has 2 aliphatic carbocycles. The molecule has 4 atom stereocenters. The van der Waals surface area contributed by atoms with E-state index in [2.05, 4.69) is 68.1 Å². The lowest BCUT2D eigenvalue weighted by Crippen LogP contribution is -2.51. The van der Waals surface area contributed by atoms with Gasteiger partial charge in [-0.05, 0) is 90.5 Å². The van der Waals surface area contributed by atoms with Crippen molar-refractivity contribution in [1.82, 2.24) is 21.3 Å². The Kier molecular flexibility index (Phi) is 10.5. The van der Waals surface area contributed by atoms with Crippen molar-refractivity contribution in [1.29, 1.82) is 0 Å². The van der Waals surface area contributed by atoms with Gasteiger partial charge in [-0.1, -0.05) is 53.7 Å². The van der Waals surface area contributed by atoms with Crippen molar-refractivity contribution in [3.05, 3.63) is 35.9 Å². The number of imide groups is 1. The Balaban J connectivity index is 1.48. The number of nitrogens with two attached hydrogens (primary N) is 2. The van der Waals surface area contributed by atoms with E-state index in [9.17, 15) is 19.2 Å². The molecule has 43 heavy (non-hydrogen) atoms. The molecule has 0 spiro atoms. The van der Waals surface area contributed by atoms with E-state index in [4.69, 9.17) is 11.5 Å². The fourth-order valence-electron chi connectivity index (χ4n) is 7.64. The topological polar surface area (TPSA) is 180 Å². The first kappa shape index (κ1) is 33.9. The monoisotopic (exact) mass is 597 g/mol. The van der Waals surface area contributed by atoms with Gasteiger partial charge in [-0.2, -0.15) is 0 Å². The molecule has 4 unspecified atom stereocenters. The zero-order chi connectivity index (χ0) is 32.1. The van der Waals surface area contributed by atoms with E-state index in [0.29, 0.717) is 18.8 Å². The highest BCUT2D eigenvalue weighted by Gasteiger charge is 2.42. The van der Waals surface area contributed by atoms with Crippen LogP contribution in [0.3, 0.4) is 0 Å². The van der Waals surface area contributed by atoms with Crippen molar-refractivity contribution in [2.45, 2.75) is 92.2 Å². The zero-order valence-electron chi connectivity index (χ0n) is 26.6. The van der Waals surface area contributed by atoms with Gasteiger partial charge in [0.05, 0.1) is 0 Å². The molecule has 2 fully saturated rings. The number of rotatable bonds is 8. The van der Waals surface area contributed by atoms with Crippen LogP contribution in [0.5, 0.6) is 0 Å². The third kappa shape index (κ3) is 10.9. The molecular weight excluding hydrogens is 546 g/mol. The van der Waals surface area contributed by atoms with Crippen molar-refractivity contribution in [2.24, 2.45) is 33.1 Å². The third-order valence-electron chi connectivity index (χ3n) is 8.57. The Morgan fingerprint density at radius 2 is 1.35 bits per heavy atom. The Labute approximate surface area is 255 Å². The van der Waals surface area contributed by atoms with Gasteiger partial charge in [-0.25, -0.2) is 14.4 Å². The maximum atomic E-state index is 12.8. The van der Waals surface area contributed by atoms with Crippen LogP contribution < -0.4 is 38.1 Å². The fourth-order valence-corrected chi connectivity index (χ4v) is 7.64. The van der Waals surface area contributed by atoms with Crippen molar-refractivity contribution < 1.29 is 19.2 Å². The van der Waals surface area contributed by atoms with Crippen LogP contribution in [0.25, 0.3) is 6.08 Å². The summed E-state index contributed by atoms with van der Waals surface area (Å²) in [6.07, 6.45) is 7.95. The van der Waals surface area contributed by atoms with Crippen molar-refractivity contribution in [3.8, 4) is 0 Å². The van der Waals surface area contributed by atoms with Crippen LogP contribution in [-0.4, -0.2) is 49.2 Å². The lowest BCUT2D eigenvalue weighted by molar-refractivity contribution is -0.115. The molecule has 0 aromatic heterocycles. The molecule has 0 heterocycles. The van der Waals surface area contributed by atoms with Crippen LogP contribution in [-0.2, 0) is 4.79 Å². The first-order chi connectivity index (χ1) is 19.9. The molecule has 0 bridgehead atoms. The molecule has 0 saturated heterocycles. The quantitative estimate of drug-likeness (QED) is 0.218. The number of urea groups is 3. The number of anilines is 1. The molecule has 7 amide bonds. The van der Waals surface area contributed by atoms with Gasteiger partial charge in [0.25, 0.3) is 5.91 Å². The number of nitrogens with one attached hydrogen (secondary N) is 5. The van der Waals surface area contributed by atoms with E-state index in [-0.39, 0.29) is 39.8 Å². The van der Waals surface area contributed by atoms with E-state index in [1.807, 2.05) is 0 Å². The van der Waals surface area contributed by atoms with Crippen molar-refractivity contribution >= 4 is 35.8 Å². The highest BCUT2D eigenvalue weighted by Crippen LogP contribution is 2.46. The number of carbonyl (C=O) groups excluding carboxylic acids is 4. The summed E-state index contributed by atoms with van der Waals surface area (Å²) < 4.78 is 0. The summed E-state index contributed by atoms with van der Waals surface area (Å²) in [4.78, 5) is 48.9. The Morgan fingerprint density at radius 1 is 0.814 bits per heavy atom. The molecule has 11 nitrogen and oxygen atoms in total.